The van der Waals surface area contributed by atoms with E-state index in [1.807, 2.05) is 6.07 Å². The minimum atomic E-state index is -0.352. The number of rotatable bonds is 2. The Bertz CT molecular complexity index is 314. The van der Waals surface area contributed by atoms with E-state index in [-0.39, 0.29) is 19.4 Å². The highest BCUT2D eigenvalue weighted by atomic mass is 16.7. The minimum absolute atomic E-state index is 0.0698. The van der Waals surface area contributed by atoms with Crippen LogP contribution in [-0.4, -0.2) is 18.5 Å². The number of hydrogen-bond acceptors (Lipinski definition) is 4. The highest BCUT2D eigenvalue weighted by molar-refractivity contribution is 5.45. The van der Waals surface area contributed by atoms with E-state index < -0.39 is 0 Å². The quantitative estimate of drug-likeness (QED) is 0.693. The minimum Gasteiger partial charge on any atom is -0.454 e. The molecule has 4 nitrogen and oxygen atoms in total. The maximum Gasteiger partial charge on any atom is 0.231 e. The number of hydrogen-bond donors (Lipinski definition) is 2. The zero-order valence-corrected chi connectivity index (χ0v) is 7.06. The average Bonchev–Trinajstić information content (AvgIpc) is 2.63. The van der Waals surface area contributed by atoms with E-state index in [1.54, 1.807) is 12.1 Å². The number of ether oxygens (including phenoxy) is 2. The first-order valence-corrected chi connectivity index (χ1v) is 4.07. The molecule has 1 aromatic carbocycles. The van der Waals surface area contributed by atoms with Crippen molar-refractivity contribution in [2.24, 2.45) is 5.73 Å². The Balaban J connectivity index is 2.30. The summed E-state index contributed by atoms with van der Waals surface area (Å²) in [6.45, 7) is 0.187. The highest BCUT2D eigenvalue weighted by Gasteiger charge is 2.15. The maximum atomic E-state index is 8.84. The van der Waals surface area contributed by atoms with Crippen LogP contribution in [0.2, 0.25) is 0 Å². The standard InChI is InChI=1S/C9H11NO3/c10-7(4-11)6-1-2-8-9(3-6)13-5-12-8/h1-3,7,11H,4-5,10H2. The third-order valence-electron chi connectivity index (χ3n) is 2.02. The van der Waals surface area contributed by atoms with Gasteiger partial charge in [-0.2, -0.15) is 0 Å². The van der Waals surface area contributed by atoms with E-state index in [4.69, 9.17) is 20.3 Å². The first-order chi connectivity index (χ1) is 6.31. The van der Waals surface area contributed by atoms with E-state index in [0.29, 0.717) is 5.75 Å². The molecule has 0 aromatic heterocycles. The summed E-state index contributed by atoms with van der Waals surface area (Å²) in [5.41, 5.74) is 6.50. The largest absolute Gasteiger partial charge is 0.454 e. The summed E-state index contributed by atoms with van der Waals surface area (Å²) in [4.78, 5) is 0. The summed E-state index contributed by atoms with van der Waals surface area (Å²) in [7, 11) is 0. The van der Waals surface area contributed by atoms with Crippen LogP contribution in [-0.2, 0) is 0 Å². The second-order valence-electron chi connectivity index (χ2n) is 2.90. The first-order valence-electron chi connectivity index (χ1n) is 4.07. The fraction of sp³-hybridized carbons (Fsp3) is 0.333. The van der Waals surface area contributed by atoms with Crippen LogP contribution in [0.15, 0.2) is 18.2 Å². The van der Waals surface area contributed by atoms with Crippen LogP contribution in [0.4, 0.5) is 0 Å². The molecule has 0 aliphatic carbocycles. The average molecular weight is 181 g/mol. The summed E-state index contributed by atoms with van der Waals surface area (Å²) < 4.78 is 10.3. The highest BCUT2D eigenvalue weighted by Crippen LogP contribution is 2.33. The fourth-order valence-corrected chi connectivity index (χ4v) is 1.25. The molecule has 0 radical (unpaired) electrons. The second-order valence-corrected chi connectivity index (χ2v) is 2.90. The molecule has 0 saturated heterocycles. The molecule has 0 amide bonds. The molecule has 1 aromatic rings. The molecular formula is C9H11NO3. The lowest BCUT2D eigenvalue weighted by Gasteiger charge is -2.08. The Kier molecular flexibility index (Phi) is 2.08. The van der Waals surface area contributed by atoms with Gasteiger partial charge in [0.25, 0.3) is 0 Å². The monoisotopic (exact) mass is 181 g/mol. The van der Waals surface area contributed by atoms with Crippen LogP contribution in [0, 0.1) is 0 Å². The zero-order chi connectivity index (χ0) is 9.26. The Morgan fingerprint density at radius 2 is 2.15 bits per heavy atom. The summed E-state index contributed by atoms with van der Waals surface area (Å²) in [5.74, 6) is 1.43. The van der Waals surface area contributed by atoms with Crippen LogP contribution >= 0.6 is 0 Å². The summed E-state index contributed by atoms with van der Waals surface area (Å²) in [6, 6.07) is 5.07. The van der Waals surface area contributed by atoms with Crippen LogP contribution in [0.5, 0.6) is 11.5 Å². The molecule has 1 unspecified atom stereocenters. The SMILES string of the molecule is NC(CO)c1ccc2c(c1)OCO2. The summed E-state index contributed by atoms with van der Waals surface area (Å²) in [5, 5.41) is 8.84. The van der Waals surface area contributed by atoms with Gasteiger partial charge in [0.15, 0.2) is 11.5 Å². The van der Waals surface area contributed by atoms with Crippen molar-refractivity contribution in [1.82, 2.24) is 0 Å². The number of aliphatic hydroxyl groups excluding tert-OH is 1. The third kappa shape index (κ3) is 1.46. The molecule has 1 aliphatic rings. The van der Waals surface area contributed by atoms with Crippen molar-refractivity contribution in [2.75, 3.05) is 13.4 Å². The van der Waals surface area contributed by atoms with E-state index in [1.165, 1.54) is 0 Å². The Morgan fingerprint density at radius 1 is 1.38 bits per heavy atom. The zero-order valence-electron chi connectivity index (χ0n) is 7.06. The molecule has 2 rings (SSSR count). The molecule has 1 atom stereocenters. The summed E-state index contributed by atoms with van der Waals surface area (Å²) in [6.07, 6.45) is 0. The van der Waals surface area contributed by atoms with Crippen molar-refractivity contribution in [1.29, 1.82) is 0 Å². The molecule has 13 heavy (non-hydrogen) atoms. The Labute approximate surface area is 75.9 Å². The topological polar surface area (TPSA) is 64.7 Å². The van der Waals surface area contributed by atoms with Crippen molar-refractivity contribution >= 4 is 0 Å². The van der Waals surface area contributed by atoms with Gasteiger partial charge in [0.2, 0.25) is 6.79 Å². The molecule has 0 spiro atoms. The van der Waals surface area contributed by atoms with Crippen molar-refractivity contribution in [3.05, 3.63) is 23.8 Å². The van der Waals surface area contributed by atoms with Gasteiger partial charge in [-0.25, -0.2) is 0 Å². The fourth-order valence-electron chi connectivity index (χ4n) is 1.25. The van der Waals surface area contributed by atoms with Gasteiger partial charge < -0.3 is 20.3 Å². The number of benzene rings is 1. The van der Waals surface area contributed by atoms with Gasteiger partial charge >= 0.3 is 0 Å². The molecule has 70 valence electrons. The van der Waals surface area contributed by atoms with Crippen LogP contribution in [0.25, 0.3) is 0 Å². The van der Waals surface area contributed by atoms with Gasteiger partial charge in [0.1, 0.15) is 0 Å². The van der Waals surface area contributed by atoms with E-state index in [0.717, 1.165) is 11.3 Å². The first kappa shape index (κ1) is 8.34. The molecule has 1 aliphatic heterocycles. The van der Waals surface area contributed by atoms with Gasteiger partial charge in [0.05, 0.1) is 12.6 Å². The molecule has 4 heteroatoms. The number of fused-ring (bicyclic) bond motifs is 1. The van der Waals surface area contributed by atoms with Crippen molar-refractivity contribution < 1.29 is 14.6 Å². The van der Waals surface area contributed by atoms with Gasteiger partial charge in [-0.3, -0.25) is 0 Å². The molecule has 1 heterocycles. The van der Waals surface area contributed by atoms with Crippen molar-refractivity contribution in [3.63, 3.8) is 0 Å². The Morgan fingerprint density at radius 3 is 2.92 bits per heavy atom. The lowest BCUT2D eigenvalue weighted by molar-refractivity contribution is 0.174. The molecule has 0 bridgehead atoms. The number of aliphatic hydroxyl groups is 1. The predicted octanol–water partition coefficient (Wildman–Crippen LogP) is 0.407. The molecular weight excluding hydrogens is 170 g/mol. The van der Waals surface area contributed by atoms with Crippen LogP contribution < -0.4 is 15.2 Å². The van der Waals surface area contributed by atoms with E-state index >= 15 is 0 Å². The maximum absolute atomic E-state index is 8.84. The normalized spacial score (nSPS) is 15.8. The van der Waals surface area contributed by atoms with Crippen molar-refractivity contribution in [3.8, 4) is 11.5 Å². The summed E-state index contributed by atoms with van der Waals surface area (Å²) >= 11 is 0. The smallest absolute Gasteiger partial charge is 0.231 e. The van der Waals surface area contributed by atoms with Crippen molar-refractivity contribution in [2.45, 2.75) is 6.04 Å². The molecule has 3 N–H and O–H groups in total. The van der Waals surface area contributed by atoms with Gasteiger partial charge in [0, 0.05) is 0 Å². The molecule has 0 saturated carbocycles. The van der Waals surface area contributed by atoms with Gasteiger partial charge in [-0.15, -0.1) is 0 Å². The lowest BCUT2D eigenvalue weighted by Crippen LogP contribution is -2.14. The second kappa shape index (κ2) is 3.24. The van der Waals surface area contributed by atoms with E-state index in [9.17, 15) is 0 Å². The lowest BCUT2D eigenvalue weighted by atomic mass is 10.1. The number of nitrogens with two attached hydrogens (primary N) is 1. The van der Waals surface area contributed by atoms with Crippen LogP contribution in [0.1, 0.15) is 11.6 Å². The Hall–Kier alpha value is -1.26. The molecule has 0 fully saturated rings. The van der Waals surface area contributed by atoms with Gasteiger partial charge in [-0.05, 0) is 17.7 Å². The van der Waals surface area contributed by atoms with E-state index in [2.05, 4.69) is 0 Å². The third-order valence-corrected chi connectivity index (χ3v) is 2.02. The predicted molar refractivity (Wildman–Crippen MR) is 46.6 cm³/mol. The van der Waals surface area contributed by atoms with Crippen LogP contribution in [0.3, 0.4) is 0 Å². The van der Waals surface area contributed by atoms with Gasteiger partial charge in [-0.1, -0.05) is 6.07 Å².